The summed E-state index contributed by atoms with van der Waals surface area (Å²) in [6.45, 7) is 0.302. The van der Waals surface area contributed by atoms with Crippen molar-refractivity contribution in [1.29, 1.82) is 0 Å². The quantitative estimate of drug-likeness (QED) is 0.787. The van der Waals surface area contributed by atoms with Gasteiger partial charge in [0.15, 0.2) is 0 Å². The first-order valence-electron chi connectivity index (χ1n) is 6.08. The second kappa shape index (κ2) is 6.04. The normalized spacial score (nSPS) is 10.9. The van der Waals surface area contributed by atoms with Crippen LogP contribution in [0.15, 0.2) is 36.4 Å². The molecule has 2 rings (SSSR count). The Labute approximate surface area is 107 Å². The molecule has 0 unspecified atom stereocenters. The number of halogens is 1. The van der Waals surface area contributed by atoms with E-state index in [1.54, 1.807) is 0 Å². The number of rotatable bonds is 5. The van der Waals surface area contributed by atoms with Crippen molar-refractivity contribution in [1.82, 2.24) is 0 Å². The maximum atomic E-state index is 8.72. The van der Waals surface area contributed by atoms with Gasteiger partial charge in [-0.1, -0.05) is 42.3 Å². The zero-order chi connectivity index (χ0) is 12.1. The second-order valence-electron chi connectivity index (χ2n) is 4.36. The zero-order valence-electron chi connectivity index (χ0n) is 9.82. The van der Waals surface area contributed by atoms with Crippen LogP contribution in [0.5, 0.6) is 0 Å². The average molecular weight is 249 g/mol. The van der Waals surface area contributed by atoms with Gasteiger partial charge in [-0.05, 0) is 47.7 Å². The summed E-state index contributed by atoms with van der Waals surface area (Å²) < 4.78 is 0. The average Bonchev–Trinajstić information content (AvgIpc) is 2.35. The van der Waals surface area contributed by atoms with Gasteiger partial charge < -0.3 is 5.11 Å². The third kappa shape index (κ3) is 3.45. The van der Waals surface area contributed by atoms with Crippen molar-refractivity contribution >= 4 is 22.4 Å². The minimum Gasteiger partial charge on any atom is -0.396 e. The van der Waals surface area contributed by atoms with E-state index < -0.39 is 0 Å². The van der Waals surface area contributed by atoms with E-state index in [4.69, 9.17) is 16.7 Å². The fraction of sp³-hybridized carbons (Fsp3) is 0.333. The van der Waals surface area contributed by atoms with E-state index in [2.05, 4.69) is 24.3 Å². The van der Waals surface area contributed by atoms with Crippen LogP contribution in [0.3, 0.4) is 0 Å². The molecule has 0 saturated heterocycles. The number of aliphatic hydroxyl groups is 1. The van der Waals surface area contributed by atoms with Gasteiger partial charge in [-0.15, -0.1) is 0 Å². The van der Waals surface area contributed by atoms with Crippen LogP contribution < -0.4 is 0 Å². The molecule has 0 aromatic heterocycles. The molecule has 1 N–H and O–H groups in total. The van der Waals surface area contributed by atoms with Crippen molar-refractivity contribution in [2.24, 2.45) is 0 Å². The number of fused-ring (bicyclic) bond motifs is 1. The molecule has 0 spiro atoms. The van der Waals surface area contributed by atoms with Crippen LogP contribution in [0.2, 0.25) is 5.02 Å². The van der Waals surface area contributed by atoms with Crippen LogP contribution in [-0.4, -0.2) is 11.7 Å². The highest BCUT2D eigenvalue weighted by Crippen LogP contribution is 2.21. The van der Waals surface area contributed by atoms with Gasteiger partial charge >= 0.3 is 0 Å². The predicted octanol–water partition coefficient (Wildman–Crippen LogP) is 4.20. The lowest BCUT2D eigenvalue weighted by Gasteiger charge is -2.04. The Bertz CT molecular complexity index is 493. The van der Waals surface area contributed by atoms with Gasteiger partial charge in [0.05, 0.1) is 0 Å². The first kappa shape index (κ1) is 12.4. The van der Waals surface area contributed by atoms with Gasteiger partial charge in [-0.25, -0.2) is 0 Å². The summed E-state index contributed by atoms with van der Waals surface area (Å²) >= 11 is 5.95. The molecule has 0 aliphatic heterocycles. The molecule has 1 nitrogen and oxygen atoms in total. The summed E-state index contributed by atoms with van der Waals surface area (Å²) in [6, 6.07) is 12.5. The van der Waals surface area contributed by atoms with Crippen LogP contribution in [-0.2, 0) is 6.42 Å². The largest absolute Gasteiger partial charge is 0.396 e. The minimum atomic E-state index is 0.302. The lowest BCUT2D eigenvalue weighted by Crippen LogP contribution is -1.88. The van der Waals surface area contributed by atoms with Gasteiger partial charge in [-0.2, -0.15) is 0 Å². The van der Waals surface area contributed by atoms with Crippen molar-refractivity contribution in [2.45, 2.75) is 25.7 Å². The van der Waals surface area contributed by atoms with Gasteiger partial charge in [-0.3, -0.25) is 0 Å². The highest BCUT2D eigenvalue weighted by molar-refractivity contribution is 6.31. The molecule has 2 aromatic rings. The van der Waals surface area contributed by atoms with Crippen LogP contribution in [0, 0.1) is 0 Å². The van der Waals surface area contributed by atoms with E-state index in [1.807, 2.05) is 12.1 Å². The van der Waals surface area contributed by atoms with Crippen LogP contribution in [0.4, 0.5) is 0 Å². The monoisotopic (exact) mass is 248 g/mol. The molecule has 0 heterocycles. The second-order valence-corrected chi connectivity index (χ2v) is 4.80. The fourth-order valence-corrected chi connectivity index (χ4v) is 2.22. The number of benzene rings is 2. The molecule has 0 radical (unpaired) electrons. The molecule has 0 aliphatic rings. The molecular formula is C15H17ClO. The van der Waals surface area contributed by atoms with Gasteiger partial charge in [0.1, 0.15) is 0 Å². The third-order valence-corrected chi connectivity index (χ3v) is 3.23. The number of unbranched alkanes of at least 4 members (excludes halogenated alkanes) is 2. The minimum absolute atomic E-state index is 0.302. The summed E-state index contributed by atoms with van der Waals surface area (Å²) in [7, 11) is 0. The molecule has 0 bridgehead atoms. The standard InChI is InChI=1S/C15H17ClO/c16-15-8-7-13-10-12(4-2-1-3-9-17)5-6-14(13)11-15/h5-8,10-11,17H,1-4,9H2. The molecule has 2 heteroatoms. The molecule has 0 fully saturated rings. The Morgan fingerprint density at radius 1 is 0.882 bits per heavy atom. The van der Waals surface area contributed by atoms with Gasteiger partial charge in [0.2, 0.25) is 0 Å². The lowest BCUT2D eigenvalue weighted by molar-refractivity contribution is 0.283. The van der Waals surface area contributed by atoms with Crippen molar-refractivity contribution in [2.75, 3.05) is 6.61 Å². The van der Waals surface area contributed by atoms with E-state index in [9.17, 15) is 0 Å². The maximum Gasteiger partial charge on any atom is 0.0431 e. The van der Waals surface area contributed by atoms with E-state index in [1.165, 1.54) is 16.3 Å². The van der Waals surface area contributed by atoms with Crippen molar-refractivity contribution in [3.8, 4) is 0 Å². The Hall–Kier alpha value is -1.05. The molecule has 17 heavy (non-hydrogen) atoms. The number of aliphatic hydroxyl groups excluding tert-OH is 1. The lowest BCUT2D eigenvalue weighted by atomic mass is 10.0. The van der Waals surface area contributed by atoms with Crippen molar-refractivity contribution in [3.05, 3.63) is 47.0 Å². The SMILES string of the molecule is OCCCCCc1ccc2cc(Cl)ccc2c1. The van der Waals surface area contributed by atoms with E-state index in [0.29, 0.717) is 6.61 Å². The van der Waals surface area contributed by atoms with E-state index in [-0.39, 0.29) is 0 Å². The predicted molar refractivity (Wildman–Crippen MR) is 73.6 cm³/mol. The molecule has 0 atom stereocenters. The van der Waals surface area contributed by atoms with Gasteiger partial charge in [0.25, 0.3) is 0 Å². The fourth-order valence-electron chi connectivity index (χ4n) is 2.04. The van der Waals surface area contributed by atoms with Crippen LogP contribution >= 0.6 is 11.6 Å². The Kier molecular flexibility index (Phi) is 4.41. The molecule has 90 valence electrons. The van der Waals surface area contributed by atoms with Crippen molar-refractivity contribution < 1.29 is 5.11 Å². The summed E-state index contributed by atoms with van der Waals surface area (Å²) in [5.74, 6) is 0. The molecule has 0 aliphatic carbocycles. The smallest absolute Gasteiger partial charge is 0.0431 e. The number of aryl methyl sites for hydroxylation is 1. The topological polar surface area (TPSA) is 20.2 Å². The van der Waals surface area contributed by atoms with E-state index >= 15 is 0 Å². The Morgan fingerprint density at radius 2 is 1.65 bits per heavy atom. The third-order valence-electron chi connectivity index (χ3n) is 2.99. The summed E-state index contributed by atoms with van der Waals surface area (Å²) in [6.07, 6.45) is 4.22. The zero-order valence-corrected chi connectivity index (χ0v) is 10.6. The highest BCUT2D eigenvalue weighted by Gasteiger charge is 1.98. The number of hydrogen-bond donors (Lipinski definition) is 1. The van der Waals surface area contributed by atoms with E-state index in [0.717, 1.165) is 30.7 Å². The number of hydrogen-bond acceptors (Lipinski definition) is 1. The first-order valence-corrected chi connectivity index (χ1v) is 6.46. The molecule has 0 amide bonds. The summed E-state index contributed by atoms with van der Waals surface area (Å²) in [5, 5.41) is 11.9. The van der Waals surface area contributed by atoms with Crippen molar-refractivity contribution in [3.63, 3.8) is 0 Å². The van der Waals surface area contributed by atoms with Crippen LogP contribution in [0.1, 0.15) is 24.8 Å². The van der Waals surface area contributed by atoms with Gasteiger partial charge in [0, 0.05) is 11.6 Å². The summed E-state index contributed by atoms with van der Waals surface area (Å²) in [4.78, 5) is 0. The first-order chi connectivity index (χ1) is 8.29. The Balaban J connectivity index is 2.07. The molecular weight excluding hydrogens is 232 g/mol. The Morgan fingerprint density at radius 3 is 2.47 bits per heavy atom. The summed E-state index contributed by atoms with van der Waals surface area (Å²) in [5.41, 5.74) is 1.36. The maximum absolute atomic E-state index is 8.72. The molecule has 2 aromatic carbocycles. The van der Waals surface area contributed by atoms with Crippen LogP contribution in [0.25, 0.3) is 10.8 Å². The highest BCUT2D eigenvalue weighted by atomic mass is 35.5. The molecule has 0 saturated carbocycles.